The molecule has 0 bridgehead atoms. The van der Waals surface area contributed by atoms with Crippen molar-refractivity contribution in [1.82, 2.24) is 10.3 Å². The van der Waals surface area contributed by atoms with E-state index in [1.54, 1.807) is 12.1 Å². The van der Waals surface area contributed by atoms with E-state index in [0.717, 1.165) is 23.2 Å². The van der Waals surface area contributed by atoms with Crippen LogP contribution in [-0.4, -0.2) is 11.0 Å². The summed E-state index contributed by atoms with van der Waals surface area (Å²) in [5, 5.41) is 8.79. The monoisotopic (exact) mass is 433 g/mol. The molecule has 2 amide bonds. The highest BCUT2D eigenvalue weighted by Gasteiger charge is 2.08. The maximum atomic E-state index is 12.1. The number of hydrogen-bond acceptors (Lipinski definition) is 3. The van der Waals surface area contributed by atoms with Crippen LogP contribution in [0.1, 0.15) is 16.7 Å². The molecule has 0 saturated heterocycles. The van der Waals surface area contributed by atoms with Gasteiger partial charge in [0.05, 0.1) is 5.69 Å². The highest BCUT2D eigenvalue weighted by atomic mass is 35.5. The van der Waals surface area contributed by atoms with Gasteiger partial charge in [-0.3, -0.25) is 5.32 Å². The molecule has 0 radical (unpaired) electrons. The number of carbonyl (C=O) groups is 1. The highest BCUT2D eigenvalue weighted by Crippen LogP contribution is 2.25. The first kappa shape index (κ1) is 20.1. The molecule has 0 unspecified atom stereocenters. The quantitative estimate of drug-likeness (QED) is 0.371. The Balaban J connectivity index is 1.33. The summed E-state index contributed by atoms with van der Waals surface area (Å²) in [5.74, 6) is 0. The van der Waals surface area contributed by atoms with Crippen LogP contribution in [0.25, 0.3) is 11.3 Å². The Hall–Kier alpha value is -3.15. The second-order valence-electron chi connectivity index (χ2n) is 6.83. The minimum atomic E-state index is -0.288. The average Bonchev–Trinajstić information content (AvgIpc) is 3.23. The van der Waals surface area contributed by atoms with Crippen molar-refractivity contribution in [2.45, 2.75) is 13.0 Å². The fourth-order valence-corrected chi connectivity index (χ4v) is 3.86. The Labute approximate surface area is 184 Å². The van der Waals surface area contributed by atoms with Gasteiger partial charge in [-0.25, -0.2) is 9.78 Å². The van der Waals surface area contributed by atoms with Crippen molar-refractivity contribution in [2.24, 2.45) is 0 Å². The van der Waals surface area contributed by atoms with Crippen molar-refractivity contribution >= 4 is 34.1 Å². The molecule has 6 heteroatoms. The molecular formula is C24H20ClN3OS. The predicted molar refractivity (Wildman–Crippen MR) is 124 cm³/mol. The molecule has 0 atom stereocenters. The number of urea groups is 1. The molecule has 4 aromatic rings. The van der Waals surface area contributed by atoms with Crippen LogP contribution < -0.4 is 10.6 Å². The van der Waals surface area contributed by atoms with Gasteiger partial charge in [0.15, 0.2) is 5.13 Å². The molecular weight excluding hydrogens is 414 g/mol. The lowest BCUT2D eigenvalue weighted by Gasteiger charge is -2.05. The first-order valence-electron chi connectivity index (χ1n) is 9.54. The Kier molecular flexibility index (Phi) is 6.42. The number of carbonyl (C=O) groups excluding carboxylic acids is 1. The van der Waals surface area contributed by atoms with E-state index < -0.39 is 0 Å². The number of hydrogen-bond donors (Lipinski definition) is 2. The van der Waals surface area contributed by atoms with Crippen molar-refractivity contribution in [3.8, 4) is 11.3 Å². The predicted octanol–water partition coefficient (Wildman–Crippen LogP) is 6.38. The standard InChI is InChI=1S/C24H20ClN3OS/c25-21-12-8-19(9-13-21)15-26-23(29)28-24-27-22(16-30-24)20-10-6-18(7-11-20)14-17-4-2-1-3-5-17/h1-13,16H,14-15H2,(H2,26,27,28,29). The highest BCUT2D eigenvalue weighted by molar-refractivity contribution is 7.14. The summed E-state index contributed by atoms with van der Waals surface area (Å²) < 4.78 is 0. The minimum absolute atomic E-state index is 0.288. The molecule has 1 aromatic heterocycles. The third-order valence-corrected chi connectivity index (χ3v) is 5.60. The first-order chi connectivity index (χ1) is 14.7. The number of nitrogens with zero attached hydrogens (tertiary/aromatic N) is 1. The van der Waals surface area contributed by atoms with Crippen molar-refractivity contribution in [3.63, 3.8) is 0 Å². The van der Waals surface area contributed by atoms with Gasteiger partial charge in [0.25, 0.3) is 0 Å². The molecule has 0 fully saturated rings. The second kappa shape index (κ2) is 9.57. The summed E-state index contributed by atoms with van der Waals surface area (Å²) >= 11 is 7.28. The zero-order valence-corrected chi connectivity index (χ0v) is 17.7. The number of rotatable bonds is 6. The molecule has 0 aliphatic heterocycles. The van der Waals surface area contributed by atoms with E-state index in [9.17, 15) is 4.79 Å². The van der Waals surface area contributed by atoms with E-state index in [1.165, 1.54) is 22.5 Å². The summed E-state index contributed by atoms with van der Waals surface area (Å²) in [6, 6.07) is 25.8. The van der Waals surface area contributed by atoms with Gasteiger partial charge in [-0.2, -0.15) is 0 Å². The number of benzene rings is 3. The fourth-order valence-electron chi connectivity index (χ4n) is 3.01. The molecule has 2 N–H and O–H groups in total. The van der Waals surface area contributed by atoms with Gasteiger partial charge < -0.3 is 5.32 Å². The fraction of sp³-hybridized carbons (Fsp3) is 0.0833. The zero-order chi connectivity index (χ0) is 20.8. The van der Waals surface area contributed by atoms with E-state index in [2.05, 4.69) is 64.1 Å². The third kappa shape index (κ3) is 5.47. The average molecular weight is 434 g/mol. The number of amides is 2. The molecule has 1 heterocycles. The molecule has 4 nitrogen and oxygen atoms in total. The normalized spacial score (nSPS) is 10.6. The number of anilines is 1. The van der Waals surface area contributed by atoms with Gasteiger partial charge >= 0.3 is 6.03 Å². The molecule has 4 rings (SSSR count). The largest absolute Gasteiger partial charge is 0.334 e. The summed E-state index contributed by atoms with van der Waals surface area (Å²) in [7, 11) is 0. The van der Waals surface area contributed by atoms with E-state index >= 15 is 0 Å². The first-order valence-corrected chi connectivity index (χ1v) is 10.8. The van der Waals surface area contributed by atoms with Crippen LogP contribution >= 0.6 is 22.9 Å². The lowest BCUT2D eigenvalue weighted by molar-refractivity contribution is 0.251. The maximum Gasteiger partial charge on any atom is 0.321 e. The third-order valence-electron chi connectivity index (χ3n) is 4.59. The van der Waals surface area contributed by atoms with Crippen LogP contribution in [0.5, 0.6) is 0 Å². The van der Waals surface area contributed by atoms with Crippen LogP contribution in [0.4, 0.5) is 9.93 Å². The van der Waals surface area contributed by atoms with Gasteiger partial charge in [0.1, 0.15) is 0 Å². The Morgan fingerprint density at radius 1 is 0.867 bits per heavy atom. The summed E-state index contributed by atoms with van der Waals surface area (Å²) in [6.45, 7) is 0.421. The van der Waals surface area contributed by atoms with Crippen molar-refractivity contribution in [1.29, 1.82) is 0 Å². The van der Waals surface area contributed by atoms with Gasteiger partial charge in [-0.05, 0) is 35.2 Å². The minimum Gasteiger partial charge on any atom is -0.334 e. The van der Waals surface area contributed by atoms with Gasteiger partial charge in [0, 0.05) is 22.5 Å². The van der Waals surface area contributed by atoms with Crippen molar-refractivity contribution < 1.29 is 4.79 Å². The van der Waals surface area contributed by atoms with E-state index in [1.807, 2.05) is 23.6 Å². The number of aromatic nitrogens is 1. The molecule has 30 heavy (non-hydrogen) atoms. The van der Waals surface area contributed by atoms with E-state index in [-0.39, 0.29) is 6.03 Å². The van der Waals surface area contributed by atoms with Crippen LogP contribution in [0, 0.1) is 0 Å². The lowest BCUT2D eigenvalue weighted by atomic mass is 10.0. The van der Waals surface area contributed by atoms with Crippen LogP contribution in [-0.2, 0) is 13.0 Å². The topological polar surface area (TPSA) is 54.0 Å². The van der Waals surface area contributed by atoms with Crippen molar-refractivity contribution in [3.05, 3.63) is 106 Å². The van der Waals surface area contributed by atoms with Crippen LogP contribution in [0.3, 0.4) is 0 Å². The Morgan fingerprint density at radius 2 is 1.53 bits per heavy atom. The van der Waals surface area contributed by atoms with Gasteiger partial charge in [0.2, 0.25) is 0 Å². The zero-order valence-electron chi connectivity index (χ0n) is 16.1. The molecule has 0 saturated carbocycles. The Bertz CT molecular complexity index is 1110. The SMILES string of the molecule is O=C(NCc1ccc(Cl)cc1)Nc1nc(-c2ccc(Cc3ccccc3)cc2)cs1. The molecule has 0 aliphatic carbocycles. The second-order valence-corrected chi connectivity index (χ2v) is 8.13. The summed E-state index contributed by atoms with van der Waals surface area (Å²) in [6.07, 6.45) is 0.902. The van der Waals surface area contributed by atoms with Crippen LogP contribution in [0.2, 0.25) is 5.02 Å². The summed E-state index contributed by atoms with van der Waals surface area (Å²) in [4.78, 5) is 16.7. The Morgan fingerprint density at radius 3 is 2.27 bits per heavy atom. The van der Waals surface area contributed by atoms with Crippen LogP contribution in [0.15, 0.2) is 84.2 Å². The lowest BCUT2D eigenvalue weighted by Crippen LogP contribution is -2.28. The molecule has 0 spiro atoms. The maximum absolute atomic E-state index is 12.1. The molecule has 150 valence electrons. The number of halogens is 1. The molecule has 0 aliphatic rings. The van der Waals surface area contributed by atoms with E-state index in [4.69, 9.17) is 11.6 Å². The van der Waals surface area contributed by atoms with Gasteiger partial charge in [-0.15, -0.1) is 11.3 Å². The number of thiazole rings is 1. The van der Waals surface area contributed by atoms with Crippen molar-refractivity contribution in [2.75, 3.05) is 5.32 Å². The summed E-state index contributed by atoms with van der Waals surface area (Å²) in [5.41, 5.74) is 5.39. The van der Waals surface area contributed by atoms with Gasteiger partial charge in [-0.1, -0.05) is 78.3 Å². The molecule has 3 aromatic carbocycles. The number of nitrogens with one attached hydrogen (secondary N) is 2. The van der Waals surface area contributed by atoms with E-state index in [0.29, 0.717) is 16.7 Å². The smallest absolute Gasteiger partial charge is 0.321 e.